The van der Waals surface area contributed by atoms with Crippen molar-refractivity contribution in [3.63, 3.8) is 0 Å². The van der Waals surface area contributed by atoms with Crippen LogP contribution < -0.4 is 10.6 Å². The van der Waals surface area contributed by atoms with E-state index in [1.807, 2.05) is 0 Å². The highest BCUT2D eigenvalue weighted by Crippen LogP contribution is 2.25. The van der Waals surface area contributed by atoms with Gasteiger partial charge in [-0.25, -0.2) is 0 Å². The standard InChI is InChI=1S/C13H11N3OS/c1-16(11-5-3-2-4-9(11)8-14)13(17)12-10(15)6-7-18-12/h2-7H,15H2,1H3. The van der Waals surface area contributed by atoms with Gasteiger partial charge in [-0.3, -0.25) is 4.79 Å². The van der Waals surface area contributed by atoms with Gasteiger partial charge in [0.25, 0.3) is 5.91 Å². The minimum absolute atomic E-state index is 0.204. The fraction of sp³-hybridized carbons (Fsp3) is 0.0769. The number of nitrogen functional groups attached to an aromatic ring is 1. The lowest BCUT2D eigenvalue weighted by Crippen LogP contribution is -2.26. The lowest BCUT2D eigenvalue weighted by atomic mass is 10.2. The average molecular weight is 257 g/mol. The van der Waals surface area contributed by atoms with E-state index in [2.05, 4.69) is 6.07 Å². The molecule has 2 aromatic rings. The summed E-state index contributed by atoms with van der Waals surface area (Å²) < 4.78 is 0. The maximum absolute atomic E-state index is 12.2. The van der Waals surface area contributed by atoms with Crippen molar-refractivity contribution in [3.05, 3.63) is 46.2 Å². The topological polar surface area (TPSA) is 70.1 Å². The molecule has 0 aliphatic carbocycles. The van der Waals surface area contributed by atoms with Gasteiger partial charge in [0.2, 0.25) is 0 Å². The van der Waals surface area contributed by atoms with E-state index in [0.29, 0.717) is 21.8 Å². The van der Waals surface area contributed by atoms with Crippen LogP contribution in [0.2, 0.25) is 0 Å². The SMILES string of the molecule is CN(C(=O)c1sccc1N)c1ccccc1C#N. The van der Waals surface area contributed by atoms with Gasteiger partial charge in [0.05, 0.1) is 16.9 Å². The zero-order valence-corrected chi connectivity index (χ0v) is 10.6. The van der Waals surface area contributed by atoms with E-state index < -0.39 is 0 Å². The van der Waals surface area contributed by atoms with Crippen molar-refractivity contribution in [1.29, 1.82) is 5.26 Å². The molecule has 1 aromatic carbocycles. The second-order valence-electron chi connectivity index (χ2n) is 3.70. The highest BCUT2D eigenvalue weighted by molar-refractivity contribution is 7.12. The first-order valence-corrected chi connectivity index (χ1v) is 6.13. The Kier molecular flexibility index (Phi) is 3.31. The van der Waals surface area contributed by atoms with E-state index in [0.717, 1.165) is 0 Å². The number of nitriles is 1. The summed E-state index contributed by atoms with van der Waals surface area (Å²) in [6.07, 6.45) is 0. The van der Waals surface area contributed by atoms with E-state index >= 15 is 0 Å². The van der Waals surface area contributed by atoms with Crippen LogP contribution in [0.5, 0.6) is 0 Å². The summed E-state index contributed by atoms with van der Waals surface area (Å²) >= 11 is 1.29. The summed E-state index contributed by atoms with van der Waals surface area (Å²) in [6, 6.07) is 10.7. The lowest BCUT2D eigenvalue weighted by Gasteiger charge is -2.17. The summed E-state index contributed by atoms with van der Waals surface area (Å²) in [5, 5.41) is 10.8. The molecule has 0 radical (unpaired) electrons. The summed E-state index contributed by atoms with van der Waals surface area (Å²) in [5.74, 6) is -0.204. The van der Waals surface area contributed by atoms with Gasteiger partial charge in [-0.1, -0.05) is 12.1 Å². The van der Waals surface area contributed by atoms with Crippen molar-refractivity contribution in [1.82, 2.24) is 0 Å². The molecule has 1 amide bonds. The molecular formula is C13H11N3OS. The smallest absolute Gasteiger partial charge is 0.270 e. The third kappa shape index (κ3) is 2.06. The van der Waals surface area contributed by atoms with Crippen LogP contribution >= 0.6 is 11.3 Å². The highest BCUT2D eigenvalue weighted by Gasteiger charge is 2.19. The van der Waals surface area contributed by atoms with E-state index in [-0.39, 0.29) is 5.91 Å². The molecule has 18 heavy (non-hydrogen) atoms. The van der Waals surface area contributed by atoms with Gasteiger partial charge >= 0.3 is 0 Å². The predicted octanol–water partition coefficient (Wildman–Crippen LogP) is 2.48. The molecule has 1 heterocycles. The van der Waals surface area contributed by atoms with E-state index in [9.17, 15) is 4.79 Å². The van der Waals surface area contributed by atoms with Crippen molar-refractivity contribution in [2.24, 2.45) is 0 Å². The minimum atomic E-state index is -0.204. The quantitative estimate of drug-likeness (QED) is 0.898. The number of carbonyl (C=O) groups is 1. The number of anilines is 2. The van der Waals surface area contributed by atoms with Crippen molar-refractivity contribution in [2.45, 2.75) is 0 Å². The summed E-state index contributed by atoms with van der Waals surface area (Å²) in [6.45, 7) is 0. The Hall–Kier alpha value is -2.32. The Labute approximate surface area is 109 Å². The first-order valence-electron chi connectivity index (χ1n) is 5.25. The molecule has 0 saturated carbocycles. The molecule has 0 unspecified atom stereocenters. The van der Waals surface area contributed by atoms with E-state index in [4.69, 9.17) is 11.0 Å². The summed E-state index contributed by atoms with van der Waals surface area (Å²) in [4.78, 5) is 14.2. The number of nitrogens with two attached hydrogens (primary N) is 1. The fourth-order valence-corrected chi connectivity index (χ4v) is 2.41. The van der Waals surface area contributed by atoms with Crippen LogP contribution in [0.1, 0.15) is 15.2 Å². The van der Waals surface area contributed by atoms with Crippen LogP contribution in [0, 0.1) is 11.3 Å². The number of thiophene rings is 1. The molecule has 5 heteroatoms. The minimum Gasteiger partial charge on any atom is -0.397 e. The molecule has 0 bridgehead atoms. The molecule has 2 N–H and O–H groups in total. The third-order valence-electron chi connectivity index (χ3n) is 2.58. The molecular weight excluding hydrogens is 246 g/mol. The highest BCUT2D eigenvalue weighted by atomic mass is 32.1. The van der Waals surface area contributed by atoms with Crippen LogP contribution in [0.4, 0.5) is 11.4 Å². The van der Waals surface area contributed by atoms with Crippen molar-refractivity contribution in [3.8, 4) is 6.07 Å². The Bertz CT molecular complexity index is 627. The Balaban J connectivity index is 2.38. The zero-order valence-electron chi connectivity index (χ0n) is 9.75. The van der Waals surface area contributed by atoms with Gasteiger partial charge in [-0.15, -0.1) is 11.3 Å². The van der Waals surface area contributed by atoms with E-state index in [1.165, 1.54) is 16.2 Å². The predicted molar refractivity (Wildman–Crippen MR) is 72.6 cm³/mol. The van der Waals surface area contributed by atoms with Gasteiger partial charge in [-0.2, -0.15) is 5.26 Å². The number of rotatable bonds is 2. The number of nitrogens with zero attached hydrogens (tertiary/aromatic N) is 2. The molecule has 90 valence electrons. The zero-order chi connectivity index (χ0) is 13.1. The van der Waals surface area contributed by atoms with Gasteiger partial charge in [0.1, 0.15) is 10.9 Å². The van der Waals surface area contributed by atoms with Crippen LogP contribution in [-0.2, 0) is 0 Å². The van der Waals surface area contributed by atoms with Crippen LogP contribution in [-0.4, -0.2) is 13.0 Å². The number of hydrogen-bond donors (Lipinski definition) is 1. The molecule has 4 nitrogen and oxygen atoms in total. The molecule has 0 atom stereocenters. The number of benzene rings is 1. The number of amides is 1. The molecule has 0 saturated heterocycles. The number of hydrogen-bond acceptors (Lipinski definition) is 4. The van der Waals surface area contributed by atoms with Crippen molar-refractivity contribution >= 4 is 28.6 Å². The third-order valence-corrected chi connectivity index (χ3v) is 3.50. The molecule has 2 rings (SSSR count). The monoisotopic (exact) mass is 257 g/mol. The van der Waals surface area contributed by atoms with E-state index in [1.54, 1.807) is 42.8 Å². The van der Waals surface area contributed by atoms with Crippen molar-refractivity contribution in [2.75, 3.05) is 17.7 Å². The molecule has 0 aliphatic heterocycles. The molecule has 0 aliphatic rings. The summed E-state index contributed by atoms with van der Waals surface area (Å²) in [5.41, 5.74) is 7.23. The maximum Gasteiger partial charge on any atom is 0.270 e. The van der Waals surface area contributed by atoms with Gasteiger partial charge in [0.15, 0.2) is 0 Å². The van der Waals surface area contributed by atoms with Crippen molar-refractivity contribution < 1.29 is 4.79 Å². The largest absolute Gasteiger partial charge is 0.397 e. The molecule has 1 aromatic heterocycles. The summed E-state index contributed by atoms with van der Waals surface area (Å²) in [7, 11) is 1.64. The Morgan fingerprint density at radius 3 is 2.72 bits per heavy atom. The number of carbonyl (C=O) groups excluding carboxylic acids is 1. The average Bonchev–Trinajstić information content (AvgIpc) is 2.83. The second-order valence-corrected chi connectivity index (χ2v) is 4.61. The number of para-hydroxylation sites is 1. The fourth-order valence-electron chi connectivity index (χ4n) is 1.62. The maximum atomic E-state index is 12.2. The second kappa shape index (κ2) is 4.90. The molecule has 0 spiro atoms. The van der Waals surface area contributed by atoms with Gasteiger partial charge < -0.3 is 10.6 Å². The first-order chi connectivity index (χ1) is 8.65. The lowest BCUT2D eigenvalue weighted by molar-refractivity contribution is 0.0997. The van der Waals surface area contributed by atoms with Crippen LogP contribution in [0.15, 0.2) is 35.7 Å². The van der Waals surface area contributed by atoms with Crippen LogP contribution in [0.3, 0.4) is 0 Å². The Morgan fingerprint density at radius 2 is 2.11 bits per heavy atom. The normalized spacial score (nSPS) is 9.78. The first kappa shape index (κ1) is 12.1. The van der Waals surface area contributed by atoms with Gasteiger partial charge in [0, 0.05) is 7.05 Å². The Morgan fingerprint density at radius 1 is 1.39 bits per heavy atom. The van der Waals surface area contributed by atoms with Crippen LogP contribution in [0.25, 0.3) is 0 Å². The van der Waals surface area contributed by atoms with Gasteiger partial charge in [-0.05, 0) is 23.6 Å². The molecule has 0 fully saturated rings.